The van der Waals surface area contributed by atoms with E-state index in [1.807, 2.05) is 26.8 Å². The fourth-order valence-corrected chi connectivity index (χ4v) is 1.72. The molecule has 88 valence electrons. The van der Waals surface area contributed by atoms with Crippen molar-refractivity contribution in [3.8, 4) is 0 Å². The van der Waals surface area contributed by atoms with Gasteiger partial charge in [0.1, 0.15) is 0 Å². The monoisotopic (exact) mass is 233 g/mol. The summed E-state index contributed by atoms with van der Waals surface area (Å²) in [4.78, 5) is 0. The first kappa shape index (κ1) is 14.6. The first-order chi connectivity index (χ1) is 6.93. The molecular formula is C11H20ClNO2. The summed E-state index contributed by atoms with van der Waals surface area (Å²) in [5.74, 6) is -0.170. The summed E-state index contributed by atoms with van der Waals surface area (Å²) >= 11 is 6.08. The van der Waals surface area contributed by atoms with E-state index < -0.39 is 6.29 Å². The number of hydrogen-bond donors (Lipinski definition) is 2. The summed E-state index contributed by atoms with van der Waals surface area (Å²) < 4.78 is 4.79. The molecule has 0 fully saturated rings. The molecule has 0 saturated carbocycles. The minimum Gasteiger partial charge on any atom is -0.367 e. The number of hydrogen-bond acceptors (Lipinski definition) is 3. The number of aliphatic hydroxyl groups excluding tert-OH is 1. The Balaban J connectivity index is 4.68. The lowest BCUT2D eigenvalue weighted by Gasteiger charge is -2.16. The Kier molecular flexibility index (Phi) is 6.85. The summed E-state index contributed by atoms with van der Waals surface area (Å²) in [5, 5.41) is 9.96. The fourth-order valence-electron chi connectivity index (χ4n) is 1.24. The molecule has 0 spiro atoms. The molecule has 0 aromatic rings. The average Bonchev–Trinajstić information content (AvgIpc) is 2.16. The van der Waals surface area contributed by atoms with E-state index >= 15 is 0 Å². The van der Waals surface area contributed by atoms with E-state index in [0.29, 0.717) is 5.03 Å². The lowest BCUT2D eigenvalue weighted by molar-refractivity contribution is -0.0961. The van der Waals surface area contributed by atoms with Crippen LogP contribution in [0.15, 0.2) is 22.8 Å². The standard InChI is InChI=1S/C11H20ClNO2/c1-5-9(8(3)13)10(12)6-7(2)11(14)15-4/h5-8,11,14H,13H2,1-4H3/b9-5-,10-6+/t7-,8?,11?/m0/s1. The van der Waals surface area contributed by atoms with Crippen LogP contribution in [0.25, 0.3) is 0 Å². The molecule has 0 radical (unpaired) electrons. The van der Waals surface area contributed by atoms with E-state index in [9.17, 15) is 5.11 Å². The molecule has 0 bridgehead atoms. The van der Waals surface area contributed by atoms with Crippen LogP contribution in [0.5, 0.6) is 0 Å². The van der Waals surface area contributed by atoms with Crippen LogP contribution in [0.3, 0.4) is 0 Å². The molecule has 0 aliphatic heterocycles. The zero-order chi connectivity index (χ0) is 12.0. The molecule has 3 atom stereocenters. The van der Waals surface area contributed by atoms with Crippen LogP contribution in [-0.2, 0) is 4.74 Å². The average molecular weight is 234 g/mol. The summed E-state index contributed by atoms with van der Waals surface area (Å²) in [7, 11) is 1.45. The normalized spacial score (nSPS) is 19.9. The molecule has 3 nitrogen and oxygen atoms in total. The number of nitrogens with two attached hydrogens (primary N) is 1. The summed E-state index contributed by atoms with van der Waals surface area (Å²) in [6.45, 7) is 5.57. The Hall–Kier alpha value is -0.350. The molecule has 0 amide bonds. The second kappa shape index (κ2) is 7.01. The van der Waals surface area contributed by atoms with E-state index in [4.69, 9.17) is 22.1 Å². The van der Waals surface area contributed by atoms with Crippen molar-refractivity contribution in [2.24, 2.45) is 11.7 Å². The highest BCUT2D eigenvalue weighted by Gasteiger charge is 2.13. The van der Waals surface area contributed by atoms with Crippen LogP contribution in [0, 0.1) is 5.92 Å². The van der Waals surface area contributed by atoms with Gasteiger partial charge >= 0.3 is 0 Å². The molecule has 0 saturated heterocycles. The van der Waals surface area contributed by atoms with Gasteiger partial charge in [-0.1, -0.05) is 30.7 Å². The highest BCUT2D eigenvalue weighted by Crippen LogP contribution is 2.21. The van der Waals surface area contributed by atoms with Crippen molar-refractivity contribution in [1.29, 1.82) is 0 Å². The van der Waals surface area contributed by atoms with Gasteiger partial charge in [0.15, 0.2) is 6.29 Å². The Morgan fingerprint density at radius 2 is 2.00 bits per heavy atom. The van der Waals surface area contributed by atoms with Gasteiger partial charge < -0.3 is 15.6 Å². The van der Waals surface area contributed by atoms with Crippen molar-refractivity contribution in [2.75, 3.05) is 7.11 Å². The predicted molar refractivity (Wildman–Crippen MR) is 63.5 cm³/mol. The van der Waals surface area contributed by atoms with E-state index in [-0.39, 0.29) is 12.0 Å². The van der Waals surface area contributed by atoms with Crippen LogP contribution >= 0.6 is 11.6 Å². The largest absolute Gasteiger partial charge is 0.367 e. The van der Waals surface area contributed by atoms with Gasteiger partial charge in [-0.3, -0.25) is 0 Å². The highest BCUT2D eigenvalue weighted by atomic mass is 35.5. The number of methoxy groups -OCH3 is 1. The zero-order valence-corrected chi connectivity index (χ0v) is 10.5. The maximum atomic E-state index is 9.39. The summed E-state index contributed by atoms with van der Waals surface area (Å²) in [6, 6.07) is -0.120. The van der Waals surface area contributed by atoms with Crippen LogP contribution in [-0.4, -0.2) is 24.5 Å². The second-order valence-electron chi connectivity index (χ2n) is 3.53. The van der Waals surface area contributed by atoms with Crippen LogP contribution in [0.4, 0.5) is 0 Å². The van der Waals surface area contributed by atoms with Crippen molar-refractivity contribution in [1.82, 2.24) is 0 Å². The van der Waals surface area contributed by atoms with Gasteiger partial charge in [0.2, 0.25) is 0 Å². The lowest BCUT2D eigenvalue weighted by Crippen LogP contribution is -2.20. The van der Waals surface area contributed by atoms with Crippen molar-refractivity contribution < 1.29 is 9.84 Å². The quantitative estimate of drug-likeness (QED) is 0.564. The first-order valence-electron chi connectivity index (χ1n) is 4.94. The molecule has 4 heteroatoms. The molecule has 2 unspecified atom stereocenters. The van der Waals surface area contributed by atoms with Crippen molar-refractivity contribution in [3.05, 3.63) is 22.8 Å². The van der Waals surface area contributed by atoms with Gasteiger partial charge in [0, 0.05) is 24.1 Å². The lowest BCUT2D eigenvalue weighted by atomic mass is 10.0. The Morgan fingerprint density at radius 3 is 2.33 bits per heavy atom. The number of allylic oxidation sites excluding steroid dienone is 1. The van der Waals surface area contributed by atoms with Crippen LogP contribution in [0.1, 0.15) is 20.8 Å². The number of rotatable bonds is 5. The van der Waals surface area contributed by atoms with Crippen molar-refractivity contribution >= 4 is 11.6 Å². The molecular weight excluding hydrogens is 214 g/mol. The SMILES string of the molecule is C/C=C(\C(Cl)=C/[C@H](C)C(O)OC)C(C)N. The Bertz CT molecular complexity index is 249. The zero-order valence-electron chi connectivity index (χ0n) is 9.70. The van der Waals surface area contributed by atoms with Gasteiger partial charge in [-0.05, 0) is 19.4 Å². The topological polar surface area (TPSA) is 55.5 Å². The second-order valence-corrected chi connectivity index (χ2v) is 3.94. The third-order valence-corrected chi connectivity index (χ3v) is 2.52. The predicted octanol–water partition coefficient (Wildman–Crippen LogP) is 2.00. The first-order valence-corrected chi connectivity index (χ1v) is 5.32. The van der Waals surface area contributed by atoms with Crippen molar-refractivity contribution in [2.45, 2.75) is 33.1 Å². The highest BCUT2D eigenvalue weighted by molar-refractivity contribution is 6.32. The van der Waals surface area contributed by atoms with E-state index in [0.717, 1.165) is 5.57 Å². The van der Waals surface area contributed by atoms with Gasteiger partial charge in [0.25, 0.3) is 0 Å². The van der Waals surface area contributed by atoms with Crippen molar-refractivity contribution in [3.63, 3.8) is 0 Å². The molecule has 0 aliphatic rings. The van der Waals surface area contributed by atoms with Gasteiger partial charge in [-0.15, -0.1) is 0 Å². The molecule has 0 heterocycles. The minimum absolute atomic E-state index is 0.120. The number of aliphatic hydroxyl groups is 1. The van der Waals surface area contributed by atoms with E-state index in [2.05, 4.69) is 0 Å². The smallest absolute Gasteiger partial charge is 0.160 e. The molecule has 15 heavy (non-hydrogen) atoms. The maximum absolute atomic E-state index is 9.39. The summed E-state index contributed by atoms with van der Waals surface area (Å²) in [5.41, 5.74) is 6.61. The molecule has 0 rings (SSSR count). The van der Waals surface area contributed by atoms with Crippen LogP contribution in [0.2, 0.25) is 0 Å². The number of ether oxygens (including phenoxy) is 1. The minimum atomic E-state index is -0.843. The van der Waals surface area contributed by atoms with Gasteiger partial charge in [-0.25, -0.2) is 0 Å². The van der Waals surface area contributed by atoms with E-state index in [1.54, 1.807) is 6.08 Å². The van der Waals surface area contributed by atoms with Gasteiger partial charge in [-0.2, -0.15) is 0 Å². The molecule has 3 N–H and O–H groups in total. The maximum Gasteiger partial charge on any atom is 0.160 e. The van der Waals surface area contributed by atoms with E-state index in [1.165, 1.54) is 7.11 Å². The Labute approximate surface area is 96.6 Å². The van der Waals surface area contributed by atoms with Crippen LogP contribution < -0.4 is 5.73 Å². The molecule has 0 aromatic carbocycles. The third-order valence-electron chi connectivity index (χ3n) is 2.18. The fraction of sp³-hybridized carbons (Fsp3) is 0.636. The number of halogens is 1. The van der Waals surface area contributed by atoms with Gasteiger partial charge in [0.05, 0.1) is 0 Å². The Morgan fingerprint density at radius 1 is 1.47 bits per heavy atom. The summed E-state index contributed by atoms with van der Waals surface area (Å²) in [6.07, 6.45) is 2.77. The third kappa shape index (κ3) is 4.80. The molecule has 0 aromatic heterocycles. The molecule has 0 aliphatic carbocycles.